The zero-order valence-corrected chi connectivity index (χ0v) is 8.79. The molecule has 2 rings (SSSR count). The van der Waals surface area contributed by atoms with E-state index in [2.05, 4.69) is 20.9 Å². The van der Waals surface area contributed by atoms with Crippen molar-refractivity contribution >= 4 is 21.7 Å². The lowest BCUT2D eigenvalue weighted by molar-refractivity contribution is 0.633. The number of rotatable bonds is 2. The van der Waals surface area contributed by atoms with Gasteiger partial charge in [0, 0.05) is 22.3 Å². The molecule has 1 unspecified atom stereocenters. The summed E-state index contributed by atoms with van der Waals surface area (Å²) in [6.45, 7) is 0. The number of hydrogen-bond donors (Lipinski definition) is 2. The van der Waals surface area contributed by atoms with Crippen LogP contribution >= 0.6 is 15.9 Å². The first-order valence-electron chi connectivity index (χ1n) is 4.35. The van der Waals surface area contributed by atoms with E-state index in [4.69, 9.17) is 11.5 Å². The summed E-state index contributed by atoms with van der Waals surface area (Å²) in [5.41, 5.74) is 12.7. The van der Waals surface area contributed by atoms with E-state index in [-0.39, 0.29) is 6.04 Å². The standard InChI is InChI=1S/C9H12BrN3/c10-6-3-7(9(12)13-4-6)8(11)5-1-2-5/h3-5,8H,1-2,11H2,(H2,12,13). The first-order chi connectivity index (χ1) is 6.18. The van der Waals surface area contributed by atoms with Gasteiger partial charge in [-0.2, -0.15) is 0 Å². The monoisotopic (exact) mass is 241 g/mol. The van der Waals surface area contributed by atoms with Crippen LogP contribution in [0.5, 0.6) is 0 Å². The van der Waals surface area contributed by atoms with Crippen LogP contribution in [0.2, 0.25) is 0 Å². The molecule has 1 aliphatic carbocycles. The maximum atomic E-state index is 6.03. The summed E-state index contributed by atoms with van der Waals surface area (Å²) in [6, 6.07) is 2.02. The Balaban J connectivity index is 2.31. The van der Waals surface area contributed by atoms with E-state index in [1.807, 2.05) is 6.07 Å². The largest absolute Gasteiger partial charge is 0.383 e. The Kier molecular flexibility index (Phi) is 2.26. The maximum Gasteiger partial charge on any atom is 0.128 e. The van der Waals surface area contributed by atoms with Gasteiger partial charge in [0.15, 0.2) is 0 Å². The second-order valence-electron chi connectivity index (χ2n) is 3.49. The van der Waals surface area contributed by atoms with Crippen molar-refractivity contribution in [3.8, 4) is 0 Å². The first-order valence-corrected chi connectivity index (χ1v) is 5.14. The van der Waals surface area contributed by atoms with Crippen molar-refractivity contribution in [1.82, 2.24) is 4.98 Å². The molecule has 0 spiro atoms. The Morgan fingerprint density at radius 3 is 2.85 bits per heavy atom. The average Bonchev–Trinajstić information content (AvgIpc) is 2.91. The molecule has 0 radical (unpaired) electrons. The van der Waals surface area contributed by atoms with Gasteiger partial charge in [0.05, 0.1) is 0 Å². The highest BCUT2D eigenvalue weighted by Crippen LogP contribution is 2.40. The van der Waals surface area contributed by atoms with Crippen molar-refractivity contribution in [3.05, 3.63) is 22.3 Å². The van der Waals surface area contributed by atoms with Crippen LogP contribution in [-0.4, -0.2) is 4.98 Å². The van der Waals surface area contributed by atoms with Crippen LogP contribution in [0, 0.1) is 5.92 Å². The van der Waals surface area contributed by atoms with Gasteiger partial charge in [-0.3, -0.25) is 0 Å². The lowest BCUT2D eigenvalue weighted by Crippen LogP contribution is -2.15. The second kappa shape index (κ2) is 3.27. The maximum absolute atomic E-state index is 6.03. The highest BCUT2D eigenvalue weighted by Gasteiger charge is 2.30. The van der Waals surface area contributed by atoms with Gasteiger partial charge in [0.2, 0.25) is 0 Å². The number of nitrogens with two attached hydrogens (primary N) is 2. The molecule has 0 amide bonds. The van der Waals surface area contributed by atoms with E-state index in [1.165, 1.54) is 12.8 Å². The minimum absolute atomic E-state index is 0.0602. The van der Waals surface area contributed by atoms with Crippen molar-refractivity contribution in [2.75, 3.05) is 5.73 Å². The Morgan fingerprint density at radius 2 is 2.23 bits per heavy atom. The highest BCUT2D eigenvalue weighted by atomic mass is 79.9. The fourth-order valence-electron chi connectivity index (χ4n) is 1.44. The zero-order valence-electron chi connectivity index (χ0n) is 7.20. The van der Waals surface area contributed by atoms with Crippen LogP contribution in [0.4, 0.5) is 5.82 Å². The Labute approximate surface area is 85.7 Å². The molecule has 70 valence electrons. The van der Waals surface area contributed by atoms with Crippen LogP contribution in [0.1, 0.15) is 24.4 Å². The molecule has 1 heterocycles. The normalized spacial score (nSPS) is 18.6. The summed E-state index contributed by atoms with van der Waals surface area (Å²) in [5.74, 6) is 1.17. The minimum Gasteiger partial charge on any atom is -0.383 e. The number of nitrogen functional groups attached to an aromatic ring is 1. The lowest BCUT2D eigenvalue weighted by atomic mass is 10.0. The minimum atomic E-state index is 0.0602. The number of anilines is 1. The van der Waals surface area contributed by atoms with Crippen LogP contribution < -0.4 is 11.5 Å². The van der Waals surface area contributed by atoms with Crippen LogP contribution in [0.15, 0.2) is 16.7 Å². The molecular weight excluding hydrogens is 230 g/mol. The Bertz CT molecular complexity index is 323. The van der Waals surface area contributed by atoms with Crippen LogP contribution in [0.3, 0.4) is 0 Å². The number of halogens is 1. The third-order valence-corrected chi connectivity index (χ3v) is 2.84. The highest BCUT2D eigenvalue weighted by molar-refractivity contribution is 9.10. The van der Waals surface area contributed by atoms with E-state index in [1.54, 1.807) is 6.20 Å². The quantitative estimate of drug-likeness (QED) is 0.831. The number of aromatic nitrogens is 1. The number of nitrogens with zero attached hydrogens (tertiary/aromatic N) is 1. The van der Waals surface area contributed by atoms with Gasteiger partial charge in [0.25, 0.3) is 0 Å². The van der Waals surface area contributed by atoms with E-state index in [0.717, 1.165) is 10.0 Å². The summed E-state index contributed by atoms with van der Waals surface area (Å²) in [7, 11) is 0. The SMILES string of the molecule is Nc1ncc(Br)cc1C(N)C1CC1. The molecule has 13 heavy (non-hydrogen) atoms. The molecule has 0 saturated heterocycles. The first kappa shape index (κ1) is 8.97. The van der Waals surface area contributed by atoms with E-state index in [9.17, 15) is 0 Å². The predicted octanol–water partition coefficient (Wildman–Crippen LogP) is 1.84. The average molecular weight is 242 g/mol. The summed E-state index contributed by atoms with van der Waals surface area (Å²) >= 11 is 3.36. The van der Waals surface area contributed by atoms with E-state index in [0.29, 0.717) is 11.7 Å². The van der Waals surface area contributed by atoms with Crippen LogP contribution in [0.25, 0.3) is 0 Å². The lowest BCUT2D eigenvalue weighted by Gasteiger charge is -2.12. The molecule has 1 atom stereocenters. The smallest absolute Gasteiger partial charge is 0.128 e. The third-order valence-electron chi connectivity index (χ3n) is 2.41. The molecule has 0 aromatic carbocycles. The topological polar surface area (TPSA) is 64.9 Å². The van der Waals surface area contributed by atoms with Gasteiger partial charge in [-0.1, -0.05) is 0 Å². The fraction of sp³-hybridized carbons (Fsp3) is 0.444. The Morgan fingerprint density at radius 1 is 1.54 bits per heavy atom. The molecule has 1 aliphatic rings. The summed E-state index contributed by atoms with van der Waals surface area (Å²) in [5, 5.41) is 0. The van der Waals surface area contributed by atoms with Crippen molar-refractivity contribution in [2.45, 2.75) is 18.9 Å². The predicted molar refractivity (Wildman–Crippen MR) is 56.0 cm³/mol. The summed E-state index contributed by atoms with van der Waals surface area (Å²) < 4.78 is 0.938. The molecule has 1 saturated carbocycles. The third kappa shape index (κ3) is 1.84. The molecule has 1 aromatic heterocycles. The molecule has 0 bridgehead atoms. The molecule has 4 heteroatoms. The van der Waals surface area contributed by atoms with Crippen LogP contribution in [-0.2, 0) is 0 Å². The van der Waals surface area contributed by atoms with Crippen molar-refractivity contribution < 1.29 is 0 Å². The summed E-state index contributed by atoms with van der Waals surface area (Å²) in [4.78, 5) is 4.06. The molecule has 1 fully saturated rings. The second-order valence-corrected chi connectivity index (χ2v) is 4.41. The fourth-order valence-corrected chi connectivity index (χ4v) is 1.79. The van der Waals surface area contributed by atoms with Gasteiger partial charge < -0.3 is 11.5 Å². The van der Waals surface area contributed by atoms with E-state index >= 15 is 0 Å². The zero-order chi connectivity index (χ0) is 9.42. The molecular formula is C9H12BrN3. The molecule has 4 N–H and O–H groups in total. The molecule has 3 nitrogen and oxygen atoms in total. The molecule has 0 aliphatic heterocycles. The van der Waals surface area contributed by atoms with Crippen molar-refractivity contribution in [3.63, 3.8) is 0 Å². The van der Waals surface area contributed by atoms with E-state index < -0.39 is 0 Å². The van der Waals surface area contributed by atoms with Crippen molar-refractivity contribution in [1.29, 1.82) is 0 Å². The Hall–Kier alpha value is -0.610. The van der Waals surface area contributed by atoms with Crippen molar-refractivity contribution in [2.24, 2.45) is 11.7 Å². The molecule has 1 aromatic rings. The summed E-state index contributed by atoms with van der Waals surface area (Å²) in [6.07, 6.45) is 4.12. The van der Waals surface area contributed by atoms with Gasteiger partial charge in [-0.25, -0.2) is 4.98 Å². The van der Waals surface area contributed by atoms with Gasteiger partial charge in [0.1, 0.15) is 5.82 Å². The van der Waals surface area contributed by atoms with Gasteiger partial charge in [-0.15, -0.1) is 0 Å². The van der Waals surface area contributed by atoms with Gasteiger partial charge >= 0.3 is 0 Å². The van der Waals surface area contributed by atoms with Gasteiger partial charge in [-0.05, 0) is 40.8 Å². The number of pyridine rings is 1. The number of hydrogen-bond acceptors (Lipinski definition) is 3.